The van der Waals surface area contributed by atoms with Gasteiger partial charge in [0, 0.05) is 33.1 Å². The van der Waals surface area contributed by atoms with Crippen molar-refractivity contribution in [1.29, 1.82) is 0 Å². The summed E-state index contributed by atoms with van der Waals surface area (Å²) in [5.41, 5.74) is 6.48. The first-order chi connectivity index (χ1) is 9.29. The van der Waals surface area contributed by atoms with Gasteiger partial charge in [0.25, 0.3) is 0 Å². The van der Waals surface area contributed by atoms with Gasteiger partial charge in [-0.25, -0.2) is 0 Å². The van der Waals surface area contributed by atoms with E-state index in [1.54, 1.807) is 18.9 Å². The van der Waals surface area contributed by atoms with Crippen LogP contribution in [0.4, 0.5) is 5.69 Å². The molecule has 0 aromatic heterocycles. The SMILES string of the molecule is COc1cc(N)ccc1SCCSc1ccccc1. The average Bonchev–Trinajstić information content (AvgIpc) is 2.46. The van der Waals surface area contributed by atoms with Crippen LogP contribution < -0.4 is 10.5 Å². The lowest BCUT2D eigenvalue weighted by Gasteiger charge is -2.08. The van der Waals surface area contributed by atoms with E-state index in [2.05, 4.69) is 24.3 Å². The maximum Gasteiger partial charge on any atom is 0.134 e. The topological polar surface area (TPSA) is 35.2 Å². The number of rotatable bonds is 6. The highest BCUT2D eigenvalue weighted by Gasteiger charge is 2.04. The second-order valence-electron chi connectivity index (χ2n) is 3.92. The van der Waals surface area contributed by atoms with Gasteiger partial charge in [0.05, 0.1) is 7.11 Å². The van der Waals surface area contributed by atoms with Crippen molar-refractivity contribution in [1.82, 2.24) is 0 Å². The van der Waals surface area contributed by atoms with Crippen LogP contribution in [0.2, 0.25) is 0 Å². The fourth-order valence-electron chi connectivity index (χ4n) is 1.63. The Morgan fingerprint density at radius 3 is 2.47 bits per heavy atom. The second-order valence-corrected chi connectivity index (χ2v) is 6.23. The van der Waals surface area contributed by atoms with Crippen LogP contribution in [0.15, 0.2) is 58.3 Å². The Kier molecular flexibility index (Phi) is 5.48. The molecule has 100 valence electrons. The predicted octanol–water partition coefficient (Wildman–Crippen LogP) is 4.16. The zero-order valence-electron chi connectivity index (χ0n) is 10.8. The third kappa shape index (κ3) is 4.40. The predicted molar refractivity (Wildman–Crippen MR) is 85.3 cm³/mol. The molecule has 0 radical (unpaired) electrons. The number of nitrogens with two attached hydrogens (primary N) is 1. The van der Waals surface area contributed by atoms with E-state index in [9.17, 15) is 0 Å². The summed E-state index contributed by atoms with van der Waals surface area (Å²) in [4.78, 5) is 2.46. The monoisotopic (exact) mass is 291 g/mol. The van der Waals surface area contributed by atoms with E-state index >= 15 is 0 Å². The van der Waals surface area contributed by atoms with Gasteiger partial charge in [-0.05, 0) is 24.3 Å². The first kappa shape index (κ1) is 14.2. The van der Waals surface area contributed by atoms with Gasteiger partial charge in [0.15, 0.2) is 0 Å². The van der Waals surface area contributed by atoms with E-state index in [0.29, 0.717) is 0 Å². The molecule has 0 saturated carbocycles. The second kappa shape index (κ2) is 7.36. The molecule has 0 aliphatic rings. The Hall–Kier alpha value is -1.26. The fraction of sp³-hybridized carbons (Fsp3) is 0.200. The lowest BCUT2D eigenvalue weighted by molar-refractivity contribution is 0.405. The van der Waals surface area contributed by atoms with Crippen LogP contribution in [0.1, 0.15) is 0 Å². The lowest BCUT2D eigenvalue weighted by atomic mass is 10.3. The Morgan fingerprint density at radius 1 is 1.00 bits per heavy atom. The van der Waals surface area contributed by atoms with Crippen LogP contribution in [0.5, 0.6) is 5.75 Å². The minimum atomic E-state index is 0.736. The van der Waals surface area contributed by atoms with E-state index < -0.39 is 0 Å². The molecule has 0 bridgehead atoms. The van der Waals surface area contributed by atoms with Crippen molar-refractivity contribution in [3.63, 3.8) is 0 Å². The summed E-state index contributed by atoms with van der Waals surface area (Å²) in [6.07, 6.45) is 0. The molecule has 4 heteroatoms. The largest absolute Gasteiger partial charge is 0.496 e. The quantitative estimate of drug-likeness (QED) is 0.492. The fourth-order valence-corrected chi connectivity index (χ4v) is 3.55. The number of benzene rings is 2. The number of thioether (sulfide) groups is 2. The van der Waals surface area contributed by atoms with Gasteiger partial charge >= 0.3 is 0 Å². The van der Waals surface area contributed by atoms with Crippen molar-refractivity contribution in [3.8, 4) is 5.75 Å². The van der Waals surface area contributed by atoms with Crippen molar-refractivity contribution in [3.05, 3.63) is 48.5 Å². The first-order valence-electron chi connectivity index (χ1n) is 6.04. The van der Waals surface area contributed by atoms with Crippen LogP contribution >= 0.6 is 23.5 Å². The van der Waals surface area contributed by atoms with E-state index in [1.807, 2.05) is 36.0 Å². The third-order valence-electron chi connectivity index (χ3n) is 2.54. The number of hydrogen-bond acceptors (Lipinski definition) is 4. The van der Waals surface area contributed by atoms with Crippen LogP contribution in [-0.2, 0) is 0 Å². The Bertz CT molecular complexity index is 517. The number of nitrogen functional groups attached to an aromatic ring is 1. The van der Waals surface area contributed by atoms with Crippen LogP contribution in [0, 0.1) is 0 Å². The zero-order chi connectivity index (χ0) is 13.5. The number of methoxy groups -OCH3 is 1. The van der Waals surface area contributed by atoms with Crippen molar-refractivity contribution >= 4 is 29.2 Å². The number of anilines is 1. The van der Waals surface area contributed by atoms with Crippen molar-refractivity contribution in [2.24, 2.45) is 0 Å². The molecule has 2 aromatic rings. The summed E-state index contributed by atoms with van der Waals surface area (Å²) in [5, 5.41) is 0. The molecule has 2 nitrogen and oxygen atoms in total. The van der Waals surface area contributed by atoms with Crippen molar-refractivity contribution in [2.45, 2.75) is 9.79 Å². The minimum Gasteiger partial charge on any atom is -0.496 e. The summed E-state index contributed by atoms with van der Waals surface area (Å²) < 4.78 is 5.33. The normalized spacial score (nSPS) is 10.4. The summed E-state index contributed by atoms with van der Waals surface area (Å²) in [7, 11) is 1.68. The molecular weight excluding hydrogens is 274 g/mol. The molecule has 2 aromatic carbocycles. The van der Waals surface area contributed by atoms with Crippen molar-refractivity contribution in [2.75, 3.05) is 24.3 Å². The van der Waals surface area contributed by atoms with Crippen LogP contribution in [0.25, 0.3) is 0 Å². The van der Waals surface area contributed by atoms with Crippen molar-refractivity contribution < 1.29 is 4.74 Å². The molecule has 0 heterocycles. The Labute approximate surface area is 122 Å². The molecule has 0 amide bonds. The summed E-state index contributed by atoms with van der Waals surface area (Å²) in [5.74, 6) is 2.97. The summed E-state index contributed by atoms with van der Waals surface area (Å²) in [6, 6.07) is 16.3. The van der Waals surface area contributed by atoms with Gasteiger partial charge in [-0.1, -0.05) is 18.2 Å². The third-order valence-corrected chi connectivity index (χ3v) is 4.87. The Morgan fingerprint density at radius 2 is 1.74 bits per heavy atom. The molecule has 2 rings (SSSR count). The lowest BCUT2D eigenvalue weighted by Crippen LogP contribution is -1.91. The van der Waals surface area contributed by atoms with E-state index in [4.69, 9.17) is 10.5 Å². The molecule has 19 heavy (non-hydrogen) atoms. The van der Waals surface area contributed by atoms with Gasteiger partial charge in [-0.3, -0.25) is 0 Å². The molecule has 0 aliphatic heterocycles. The minimum absolute atomic E-state index is 0.736. The van der Waals surface area contributed by atoms with Gasteiger partial charge in [0.2, 0.25) is 0 Å². The molecule has 0 aliphatic carbocycles. The molecule has 0 atom stereocenters. The zero-order valence-corrected chi connectivity index (χ0v) is 12.5. The van der Waals surface area contributed by atoms with Gasteiger partial charge in [-0.15, -0.1) is 23.5 Å². The standard InChI is InChI=1S/C15H17NOS2/c1-17-14-11-12(16)7-8-15(14)19-10-9-18-13-5-3-2-4-6-13/h2-8,11H,9-10,16H2,1H3. The van der Waals surface area contributed by atoms with Crippen LogP contribution in [-0.4, -0.2) is 18.6 Å². The molecular formula is C15H17NOS2. The molecule has 0 unspecified atom stereocenters. The highest BCUT2D eigenvalue weighted by Crippen LogP contribution is 2.31. The van der Waals surface area contributed by atoms with Gasteiger partial charge in [-0.2, -0.15) is 0 Å². The Balaban J connectivity index is 1.83. The first-order valence-corrected chi connectivity index (χ1v) is 8.01. The molecule has 0 fully saturated rings. The summed E-state index contributed by atoms with van der Waals surface area (Å²) >= 11 is 3.67. The molecule has 0 spiro atoms. The highest BCUT2D eigenvalue weighted by molar-refractivity contribution is 8.03. The number of hydrogen-bond donors (Lipinski definition) is 1. The maximum absolute atomic E-state index is 5.74. The smallest absolute Gasteiger partial charge is 0.134 e. The molecule has 2 N–H and O–H groups in total. The van der Waals surface area contributed by atoms with E-state index in [1.165, 1.54) is 4.90 Å². The molecule has 0 saturated heterocycles. The number of ether oxygens (including phenoxy) is 1. The average molecular weight is 291 g/mol. The van der Waals surface area contributed by atoms with Gasteiger partial charge < -0.3 is 10.5 Å². The van der Waals surface area contributed by atoms with E-state index in [0.717, 1.165) is 27.8 Å². The highest BCUT2D eigenvalue weighted by atomic mass is 32.2. The summed E-state index contributed by atoms with van der Waals surface area (Å²) in [6.45, 7) is 0. The van der Waals surface area contributed by atoms with Gasteiger partial charge in [0.1, 0.15) is 5.75 Å². The van der Waals surface area contributed by atoms with Crippen LogP contribution in [0.3, 0.4) is 0 Å². The maximum atomic E-state index is 5.74. The van der Waals surface area contributed by atoms with E-state index in [-0.39, 0.29) is 0 Å².